The molecule has 2 aromatic carbocycles. The summed E-state index contributed by atoms with van der Waals surface area (Å²) in [7, 11) is -3.80. The molecular weight excluding hydrogens is 348 g/mol. The average molecular weight is 367 g/mol. The Hall–Kier alpha value is -2.05. The second-order valence-corrected chi connectivity index (χ2v) is 7.35. The Morgan fingerprint density at radius 2 is 1.88 bits per heavy atom. The maximum Gasteiger partial charge on any atom is 0.262 e. The van der Waals surface area contributed by atoms with E-state index in [4.69, 9.17) is 11.6 Å². The standard InChI is InChI=1S/C17H19ClN2O3S/c1-2-3-11-17(21)19-13-7-6-8-14(12-13)24(22,23)20-16-10-5-4-9-15(16)18/h4-10,12,20H,2-3,11H2,1H3,(H,19,21). The molecular formula is C17H19ClN2O3S. The molecule has 0 aliphatic carbocycles. The van der Waals surface area contributed by atoms with E-state index in [1.165, 1.54) is 12.1 Å². The summed E-state index contributed by atoms with van der Waals surface area (Å²) in [5.74, 6) is -0.134. The number of hydrogen-bond donors (Lipinski definition) is 2. The van der Waals surface area contributed by atoms with Gasteiger partial charge in [-0.2, -0.15) is 0 Å². The summed E-state index contributed by atoms with van der Waals surface area (Å²) in [5.41, 5.74) is 0.745. The van der Waals surface area contributed by atoms with Crippen molar-refractivity contribution in [3.8, 4) is 0 Å². The monoisotopic (exact) mass is 366 g/mol. The number of sulfonamides is 1. The van der Waals surface area contributed by atoms with Crippen LogP contribution in [-0.2, 0) is 14.8 Å². The van der Waals surface area contributed by atoms with Gasteiger partial charge in [-0.15, -0.1) is 0 Å². The third-order valence-corrected chi connectivity index (χ3v) is 5.00. The lowest BCUT2D eigenvalue weighted by atomic mass is 10.2. The van der Waals surface area contributed by atoms with Gasteiger partial charge in [0.2, 0.25) is 5.91 Å². The van der Waals surface area contributed by atoms with E-state index in [-0.39, 0.29) is 10.8 Å². The predicted molar refractivity (Wildman–Crippen MR) is 96.9 cm³/mol. The van der Waals surface area contributed by atoms with Gasteiger partial charge in [-0.25, -0.2) is 8.42 Å². The van der Waals surface area contributed by atoms with Gasteiger partial charge < -0.3 is 5.32 Å². The van der Waals surface area contributed by atoms with Crippen LogP contribution in [-0.4, -0.2) is 14.3 Å². The molecule has 2 rings (SSSR count). The Kier molecular flexibility index (Phi) is 6.23. The minimum Gasteiger partial charge on any atom is -0.326 e. The highest BCUT2D eigenvalue weighted by Gasteiger charge is 2.16. The second kappa shape index (κ2) is 8.17. The molecule has 7 heteroatoms. The van der Waals surface area contributed by atoms with Crippen LogP contribution in [0.1, 0.15) is 26.2 Å². The van der Waals surface area contributed by atoms with Gasteiger partial charge in [0.1, 0.15) is 0 Å². The lowest BCUT2D eigenvalue weighted by Crippen LogP contribution is -2.15. The van der Waals surface area contributed by atoms with E-state index in [0.717, 1.165) is 12.8 Å². The summed E-state index contributed by atoms with van der Waals surface area (Å²) in [6, 6.07) is 12.7. The van der Waals surface area contributed by atoms with Crippen LogP contribution in [0.5, 0.6) is 0 Å². The van der Waals surface area contributed by atoms with E-state index in [1.54, 1.807) is 36.4 Å². The Labute approximate surface area is 147 Å². The number of carbonyl (C=O) groups excluding carboxylic acids is 1. The number of carbonyl (C=O) groups is 1. The molecule has 0 unspecified atom stereocenters. The highest BCUT2D eigenvalue weighted by atomic mass is 35.5. The number of nitrogens with one attached hydrogen (secondary N) is 2. The van der Waals surface area contributed by atoms with E-state index in [9.17, 15) is 13.2 Å². The Bertz CT molecular complexity index is 822. The van der Waals surface area contributed by atoms with E-state index < -0.39 is 10.0 Å². The van der Waals surface area contributed by atoms with Crippen molar-refractivity contribution in [2.75, 3.05) is 10.0 Å². The third-order valence-electron chi connectivity index (χ3n) is 3.30. The summed E-state index contributed by atoms with van der Waals surface area (Å²) >= 11 is 5.98. The summed E-state index contributed by atoms with van der Waals surface area (Å²) in [4.78, 5) is 11.8. The van der Waals surface area contributed by atoms with Gasteiger partial charge in [0.05, 0.1) is 15.6 Å². The van der Waals surface area contributed by atoms with Crippen LogP contribution in [0.3, 0.4) is 0 Å². The van der Waals surface area contributed by atoms with Crippen molar-refractivity contribution >= 4 is 38.9 Å². The molecule has 128 valence electrons. The Morgan fingerprint density at radius 3 is 2.58 bits per heavy atom. The van der Waals surface area contributed by atoms with E-state index in [2.05, 4.69) is 10.0 Å². The molecule has 0 aromatic heterocycles. The third kappa shape index (κ3) is 4.97. The highest BCUT2D eigenvalue weighted by Crippen LogP contribution is 2.25. The van der Waals surface area contributed by atoms with Gasteiger partial charge in [-0.3, -0.25) is 9.52 Å². The molecule has 0 heterocycles. The minimum absolute atomic E-state index is 0.0516. The zero-order chi connectivity index (χ0) is 17.6. The molecule has 0 aliphatic heterocycles. The molecule has 5 nitrogen and oxygen atoms in total. The fourth-order valence-corrected chi connectivity index (χ4v) is 3.41. The van der Waals surface area contributed by atoms with Gasteiger partial charge in [0, 0.05) is 12.1 Å². The van der Waals surface area contributed by atoms with E-state index >= 15 is 0 Å². The molecule has 0 spiro atoms. The molecule has 0 bridgehead atoms. The normalized spacial score (nSPS) is 11.1. The lowest BCUT2D eigenvalue weighted by molar-refractivity contribution is -0.116. The number of halogens is 1. The van der Waals surface area contributed by atoms with Crippen LogP contribution in [0.15, 0.2) is 53.4 Å². The molecule has 0 aliphatic rings. The van der Waals surface area contributed by atoms with Crippen LogP contribution in [0.2, 0.25) is 5.02 Å². The maximum atomic E-state index is 12.5. The fraction of sp³-hybridized carbons (Fsp3) is 0.235. The molecule has 2 aromatic rings. The lowest BCUT2D eigenvalue weighted by Gasteiger charge is -2.11. The van der Waals surface area contributed by atoms with Gasteiger partial charge in [0.15, 0.2) is 0 Å². The zero-order valence-corrected chi connectivity index (χ0v) is 14.8. The molecule has 0 atom stereocenters. The Morgan fingerprint density at radius 1 is 1.12 bits per heavy atom. The number of rotatable bonds is 7. The van der Waals surface area contributed by atoms with Crippen molar-refractivity contribution in [1.82, 2.24) is 0 Å². The Balaban J connectivity index is 2.17. The smallest absolute Gasteiger partial charge is 0.262 e. The van der Waals surface area contributed by atoms with Crippen molar-refractivity contribution in [2.45, 2.75) is 31.1 Å². The van der Waals surface area contributed by atoms with Crippen molar-refractivity contribution in [2.24, 2.45) is 0 Å². The molecule has 1 amide bonds. The molecule has 2 N–H and O–H groups in total. The number of unbranched alkanes of at least 4 members (excludes halogenated alkanes) is 1. The predicted octanol–water partition coefficient (Wildman–Crippen LogP) is 4.27. The fourth-order valence-electron chi connectivity index (χ4n) is 2.05. The topological polar surface area (TPSA) is 75.3 Å². The van der Waals surface area contributed by atoms with Crippen LogP contribution in [0, 0.1) is 0 Å². The van der Waals surface area contributed by atoms with E-state index in [0.29, 0.717) is 22.8 Å². The average Bonchev–Trinajstić information content (AvgIpc) is 2.55. The first kappa shape index (κ1) is 18.3. The molecule has 24 heavy (non-hydrogen) atoms. The first-order valence-corrected chi connectivity index (χ1v) is 9.46. The van der Waals surface area contributed by atoms with E-state index in [1.807, 2.05) is 6.92 Å². The largest absolute Gasteiger partial charge is 0.326 e. The van der Waals surface area contributed by atoms with Crippen molar-refractivity contribution in [1.29, 1.82) is 0 Å². The second-order valence-electron chi connectivity index (χ2n) is 5.26. The van der Waals surface area contributed by atoms with Crippen LogP contribution >= 0.6 is 11.6 Å². The molecule has 0 radical (unpaired) electrons. The minimum atomic E-state index is -3.80. The number of anilines is 2. The number of amides is 1. The maximum absolute atomic E-state index is 12.5. The number of benzene rings is 2. The van der Waals surface area contributed by atoms with Crippen LogP contribution in [0.25, 0.3) is 0 Å². The van der Waals surface area contributed by atoms with Gasteiger partial charge in [-0.05, 0) is 36.8 Å². The number of hydrogen-bond acceptors (Lipinski definition) is 3. The summed E-state index contributed by atoms with van der Waals surface area (Å²) in [5, 5.41) is 3.02. The first-order chi connectivity index (χ1) is 11.4. The SMILES string of the molecule is CCCCC(=O)Nc1cccc(S(=O)(=O)Nc2ccccc2Cl)c1. The van der Waals surface area contributed by atoms with Crippen LogP contribution < -0.4 is 10.0 Å². The molecule has 0 saturated carbocycles. The molecule has 0 saturated heterocycles. The quantitative estimate of drug-likeness (QED) is 0.768. The zero-order valence-electron chi connectivity index (χ0n) is 13.3. The molecule has 0 fully saturated rings. The highest BCUT2D eigenvalue weighted by molar-refractivity contribution is 7.92. The summed E-state index contributed by atoms with van der Waals surface area (Å²) < 4.78 is 27.4. The first-order valence-electron chi connectivity index (χ1n) is 7.59. The van der Waals surface area contributed by atoms with Gasteiger partial charge >= 0.3 is 0 Å². The number of para-hydroxylation sites is 1. The van der Waals surface area contributed by atoms with Crippen LogP contribution in [0.4, 0.5) is 11.4 Å². The van der Waals surface area contributed by atoms with Crippen molar-refractivity contribution in [3.63, 3.8) is 0 Å². The van der Waals surface area contributed by atoms with Crippen molar-refractivity contribution in [3.05, 3.63) is 53.6 Å². The van der Waals surface area contributed by atoms with Gasteiger partial charge in [-0.1, -0.05) is 43.1 Å². The summed E-state index contributed by atoms with van der Waals surface area (Å²) in [6.07, 6.45) is 2.12. The van der Waals surface area contributed by atoms with Crippen molar-refractivity contribution < 1.29 is 13.2 Å². The summed E-state index contributed by atoms with van der Waals surface area (Å²) in [6.45, 7) is 2.00. The van der Waals surface area contributed by atoms with Gasteiger partial charge in [0.25, 0.3) is 10.0 Å².